The number of carbonyl (C=O) groups excluding carboxylic acids is 3. The van der Waals surface area contributed by atoms with E-state index in [0.717, 1.165) is 17.7 Å². The molecule has 37 heavy (non-hydrogen) atoms. The molecule has 11 heteroatoms. The van der Waals surface area contributed by atoms with Crippen molar-refractivity contribution in [2.45, 2.75) is 6.18 Å². The van der Waals surface area contributed by atoms with Crippen LogP contribution >= 0.6 is 0 Å². The summed E-state index contributed by atoms with van der Waals surface area (Å²) in [5.41, 5.74) is 0.0518. The van der Waals surface area contributed by atoms with Crippen LogP contribution in [0.3, 0.4) is 0 Å². The van der Waals surface area contributed by atoms with Crippen LogP contribution in [0, 0.1) is 0 Å². The van der Waals surface area contributed by atoms with Crippen molar-refractivity contribution in [2.75, 3.05) is 32.7 Å². The van der Waals surface area contributed by atoms with E-state index in [4.69, 9.17) is 0 Å². The predicted molar refractivity (Wildman–Crippen MR) is 126 cm³/mol. The van der Waals surface area contributed by atoms with E-state index in [1.807, 2.05) is 30.3 Å². The lowest BCUT2D eigenvalue weighted by Crippen LogP contribution is -2.53. The Morgan fingerprint density at radius 2 is 1.46 bits per heavy atom. The molecule has 192 valence electrons. The molecule has 1 fully saturated rings. The van der Waals surface area contributed by atoms with E-state index in [2.05, 4.69) is 5.32 Å². The number of aromatic nitrogens is 1. The fourth-order valence-corrected chi connectivity index (χ4v) is 4.07. The van der Waals surface area contributed by atoms with Crippen LogP contribution in [0.15, 0.2) is 72.9 Å². The molecule has 3 aromatic rings. The lowest BCUT2D eigenvalue weighted by atomic mass is 10.1. The molecule has 2 aromatic carbocycles. The summed E-state index contributed by atoms with van der Waals surface area (Å²) in [4.78, 5) is 40.5. The molecule has 0 unspecified atom stereocenters. The molecular weight excluding hydrogens is 489 g/mol. The third-order valence-electron chi connectivity index (χ3n) is 6.05. The molecule has 4 rings (SSSR count). The summed E-state index contributed by atoms with van der Waals surface area (Å²) < 4.78 is 40.5. The molecule has 2 N–H and O–H groups in total. The quantitative estimate of drug-likeness (QED) is 0.405. The number of hydrogen-bond donors (Lipinski definition) is 2. The molecule has 0 bridgehead atoms. The number of halogens is 3. The monoisotopic (exact) mass is 513 g/mol. The van der Waals surface area contributed by atoms with Crippen LogP contribution in [0.2, 0.25) is 0 Å². The number of piperazine rings is 1. The molecule has 1 aliphatic heterocycles. The second-order valence-corrected chi connectivity index (χ2v) is 8.41. The highest BCUT2D eigenvalue weighted by Gasteiger charge is 2.36. The van der Waals surface area contributed by atoms with Crippen molar-refractivity contribution in [1.29, 1.82) is 0 Å². The molecule has 0 atom stereocenters. The lowest BCUT2D eigenvalue weighted by molar-refractivity contribution is -0.905. The number of rotatable bonds is 5. The largest absolute Gasteiger partial charge is 0.417 e. The molecule has 1 aliphatic rings. The zero-order valence-electron chi connectivity index (χ0n) is 19.6. The van der Waals surface area contributed by atoms with Crippen LogP contribution in [0.1, 0.15) is 26.4 Å². The normalized spacial score (nSPS) is 13.8. The molecule has 1 saturated heterocycles. The van der Waals surface area contributed by atoms with Crippen molar-refractivity contribution >= 4 is 17.7 Å². The van der Waals surface area contributed by atoms with Crippen molar-refractivity contribution in [2.24, 2.45) is 0 Å². The summed E-state index contributed by atoms with van der Waals surface area (Å²) in [7, 11) is 0. The van der Waals surface area contributed by atoms with Gasteiger partial charge < -0.3 is 15.1 Å². The molecule has 0 aliphatic carbocycles. The van der Waals surface area contributed by atoms with Crippen LogP contribution < -0.4 is 10.0 Å². The lowest BCUT2D eigenvalue weighted by Gasteiger charge is -2.35. The average molecular weight is 513 g/mol. The predicted octanol–water partition coefficient (Wildman–Crippen LogP) is 2.61. The molecule has 3 amide bonds. The molecule has 2 heterocycles. The number of amides is 3. The van der Waals surface area contributed by atoms with Gasteiger partial charge >= 0.3 is 17.8 Å². The number of alkyl halides is 3. The third-order valence-corrected chi connectivity index (χ3v) is 6.05. The van der Waals surface area contributed by atoms with Gasteiger partial charge in [-0.25, -0.2) is 0 Å². The van der Waals surface area contributed by atoms with Gasteiger partial charge in [-0.15, -0.1) is 0 Å². The summed E-state index contributed by atoms with van der Waals surface area (Å²) in [5.74, 6) is -1.82. The van der Waals surface area contributed by atoms with E-state index in [1.165, 1.54) is 34.2 Å². The zero-order chi connectivity index (χ0) is 26.6. The van der Waals surface area contributed by atoms with Gasteiger partial charge in [0.25, 0.3) is 5.91 Å². The Balaban J connectivity index is 1.31. The van der Waals surface area contributed by atoms with Crippen molar-refractivity contribution < 1.29 is 37.5 Å². The third kappa shape index (κ3) is 5.88. The van der Waals surface area contributed by atoms with Crippen LogP contribution in [-0.2, 0) is 11.0 Å². The molecule has 1 aromatic heterocycles. The number of benzene rings is 2. The van der Waals surface area contributed by atoms with E-state index in [1.54, 1.807) is 6.07 Å². The highest BCUT2D eigenvalue weighted by Crippen LogP contribution is 2.32. The second-order valence-electron chi connectivity index (χ2n) is 8.41. The summed E-state index contributed by atoms with van der Waals surface area (Å²) >= 11 is 0. The summed E-state index contributed by atoms with van der Waals surface area (Å²) in [6.07, 6.45) is -3.27. The van der Waals surface area contributed by atoms with E-state index in [9.17, 15) is 32.8 Å². The number of nitrogens with zero attached hydrogens (tertiary/aromatic N) is 3. The number of nitrogens with one attached hydrogen (secondary N) is 1. The van der Waals surface area contributed by atoms with Crippen molar-refractivity contribution in [3.8, 4) is 11.1 Å². The van der Waals surface area contributed by atoms with Crippen LogP contribution in [0.4, 0.5) is 13.2 Å². The van der Waals surface area contributed by atoms with E-state index >= 15 is 0 Å². The minimum Gasteiger partial charge on any atom is -0.338 e. The van der Waals surface area contributed by atoms with Crippen molar-refractivity contribution in [3.05, 3.63) is 89.7 Å². The van der Waals surface area contributed by atoms with Gasteiger partial charge in [0.15, 0.2) is 0 Å². The molecule has 8 nitrogen and oxygen atoms in total. The Labute approximate surface area is 210 Å². The maximum Gasteiger partial charge on any atom is 0.417 e. The molecule has 0 spiro atoms. The van der Waals surface area contributed by atoms with E-state index in [0.29, 0.717) is 10.3 Å². The Hall–Kier alpha value is -4.41. The average Bonchev–Trinajstić information content (AvgIpc) is 2.91. The summed E-state index contributed by atoms with van der Waals surface area (Å²) in [6, 6.07) is 17.0. The van der Waals surface area contributed by atoms with E-state index in [-0.39, 0.29) is 38.4 Å². The number of carbonyl (C=O) groups is 3. The van der Waals surface area contributed by atoms with Gasteiger partial charge in [-0.2, -0.15) is 13.2 Å². The molecular formula is C26H24F3N4O4+. The fourth-order valence-electron chi connectivity index (χ4n) is 4.07. The number of hydrogen-bond acceptors (Lipinski definition) is 4. The first kappa shape index (κ1) is 25.7. The first-order chi connectivity index (χ1) is 17.6. The van der Waals surface area contributed by atoms with Gasteiger partial charge in [0.05, 0.1) is 23.2 Å². The van der Waals surface area contributed by atoms with Gasteiger partial charge in [-0.05, 0) is 23.8 Å². The maximum atomic E-state index is 13.3. The minimum absolute atomic E-state index is 0.0578. The fraction of sp³-hybridized carbons (Fsp3) is 0.231. The second kappa shape index (κ2) is 10.7. The minimum atomic E-state index is -4.66. The Morgan fingerprint density at radius 3 is 2.11 bits per heavy atom. The van der Waals surface area contributed by atoms with Crippen molar-refractivity contribution in [3.63, 3.8) is 0 Å². The smallest absolute Gasteiger partial charge is 0.338 e. The van der Waals surface area contributed by atoms with Crippen LogP contribution in [-0.4, -0.2) is 65.5 Å². The molecule has 0 radical (unpaired) electrons. The zero-order valence-corrected chi connectivity index (χ0v) is 19.6. The topological polar surface area (TPSA) is 93.8 Å². The van der Waals surface area contributed by atoms with Crippen molar-refractivity contribution in [1.82, 2.24) is 15.1 Å². The Morgan fingerprint density at radius 1 is 0.838 bits per heavy atom. The SMILES string of the molecule is O=C(NCC(=O)N1CCN(C(=O)c2ccccc2C(F)(F)F)CC1)c1ccc(-c2ccccc2)c[n+]1O. The maximum absolute atomic E-state index is 13.3. The first-order valence-corrected chi connectivity index (χ1v) is 11.5. The Kier molecular flexibility index (Phi) is 7.42. The van der Waals surface area contributed by atoms with Gasteiger partial charge in [-0.3, -0.25) is 19.6 Å². The number of pyridine rings is 1. The molecule has 0 saturated carbocycles. The standard InChI is InChI=1S/C26H23F3N4O4/c27-26(28,29)21-9-5-4-8-20(21)25(36)32-14-12-31(13-15-32)23(34)16-30-24(35)22-11-10-19(17-33(22)37)18-6-2-1-3-7-18/h1-11,17H,12-16H2,(H-,30,35,37)/p+1. The van der Waals surface area contributed by atoms with Gasteiger partial charge in [0.1, 0.15) is 0 Å². The van der Waals surface area contributed by atoms with E-state index < -0.39 is 35.0 Å². The van der Waals surface area contributed by atoms with Crippen LogP contribution in [0.5, 0.6) is 0 Å². The van der Waals surface area contributed by atoms with Gasteiger partial charge in [0.2, 0.25) is 12.1 Å². The highest BCUT2D eigenvalue weighted by atomic mass is 19.4. The van der Waals surface area contributed by atoms with Crippen LogP contribution in [0.25, 0.3) is 11.1 Å². The highest BCUT2D eigenvalue weighted by molar-refractivity contribution is 5.96. The summed E-state index contributed by atoms with van der Waals surface area (Å²) in [6.45, 7) is -0.00444. The van der Waals surface area contributed by atoms with Gasteiger partial charge in [-0.1, -0.05) is 42.5 Å². The Bertz CT molecular complexity index is 1310. The summed E-state index contributed by atoms with van der Waals surface area (Å²) in [5, 5.41) is 12.7. The first-order valence-electron chi connectivity index (χ1n) is 11.5. The van der Waals surface area contributed by atoms with Gasteiger partial charge in [0, 0.05) is 37.0 Å².